The quantitative estimate of drug-likeness (QED) is 0.347. The molecule has 0 amide bonds. The van der Waals surface area contributed by atoms with Crippen LogP contribution >= 0.6 is 0 Å². The first kappa shape index (κ1) is 18.7. The minimum absolute atomic E-state index is 0.242. The lowest BCUT2D eigenvalue weighted by Crippen LogP contribution is -2.38. The molecule has 1 saturated carbocycles. The average molecular weight is 354 g/mol. The molecule has 0 saturated heterocycles. The summed E-state index contributed by atoms with van der Waals surface area (Å²) in [5.74, 6) is 0.770. The van der Waals surface area contributed by atoms with Crippen LogP contribution in [0.15, 0.2) is 34.2 Å². The minimum atomic E-state index is -3.52. The predicted octanol–water partition coefficient (Wildman–Crippen LogP) is 0.829. The van der Waals surface area contributed by atoms with Crippen molar-refractivity contribution in [3.05, 3.63) is 29.8 Å². The predicted molar refractivity (Wildman–Crippen MR) is 94.5 cm³/mol. The molecule has 2 rings (SSSR count). The number of guanidine groups is 1. The number of methoxy groups -OCH3 is 1. The number of nitrogens with zero attached hydrogens (tertiary/aromatic N) is 1. The number of ether oxygens (including phenoxy) is 1. The van der Waals surface area contributed by atoms with Gasteiger partial charge in [0.2, 0.25) is 10.0 Å². The number of benzene rings is 1. The van der Waals surface area contributed by atoms with Crippen molar-refractivity contribution in [3.63, 3.8) is 0 Å². The molecule has 0 bridgehead atoms. The Labute approximate surface area is 143 Å². The van der Waals surface area contributed by atoms with Crippen molar-refractivity contribution in [3.8, 4) is 0 Å². The van der Waals surface area contributed by atoms with Gasteiger partial charge >= 0.3 is 0 Å². The van der Waals surface area contributed by atoms with E-state index >= 15 is 0 Å². The van der Waals surface area contributed by atoms with Gasteiger partial charge in [-0.2, -0.15) is 0 Å². The third-order valence-corrected chi connectivity index (χ3v) is 4.95. The van der Waals surface area contributed by atoms with Crippen molar-refractivity contribution >= 4 is 16.0 Å². The number of hydrogen-bond donors (Lipinski definition) is 3. The highest BCUT2D eigenvalue weighted by Gasteiger charge is 2.22. The van der Waals surface area contributed by atoms with Gasteiger partial charge in [0, 0.05) is 26.2 Å². The first-order valence-electron chi connectivity index (χ1n) is 8.17. The van der Waals surface area contributed by atoms with Crippen LogP contribution in [0, 0.1) is 0 Å². The van der Waals surface area contributed by atoms with E-state index in [4.69, 9.17) is 4.74 Å². The summed E-state index contributed by atoms with van der Waals surface area (Å²) in [5.41, 5.74) is 0.845. The van der Waals surface area contributed by atoms with Crippen LogP contribution in [0.1, 0.15) is 25.3 Å². The molecule has 0 unspecified atom stereocenters. The molecule has 1 aliphatic rings. The summed E-state index contributed by atoms with van der Waals surface area (Å²) in [6.07, 6.45) is 2.34. The maximum Gasteiger partial charge on any atom is 0.240 e. The fourth-order valence-electron chi connectivity index (χ4n) is 2.08. The lowest BCUT2D eigenvalue weighted by molar-refractivity contribution is 0.204. The van der Waals surface area contributed by atoms with Gasteiger partial charge in [0.05, 0.1) is 18.0 Å². The normalized spacial score (nSPS) is 15.3. The zero-order chi connectivity index (χ0) is 17.4. The standard InChI is InChI=1S/C16H26N4O3S/c1-3-17-16(20-14-7-8-14)18-12-13-5-4-6-15(11-13)24(21,22)19-9-10-23-2/h4-6,11,14,19H,3,7-10,12H2,1-2H3,(H2,17,18,20). The first-order chi connectivity index (χ1) is 11.5. The second-order valence-corrected chi connectivity index (χ2v) is 7.42. The maximum absolute atomic E-state index is 12.2. The SMILES string of the molecule is CCNC(=NCc1cccc(S(=O)(=O)NCCOC)c1)NC1CC1. The van der Waals surface area contributed by atoms with E-state index in [-0.39, 0.29) is 11.4 Å². The van der Waals surface area contributed by atoms with Gasteiger partial charge in [-0.05, 0) is 37.5 Å². The van der Waals surface area contributed by atoms with Crippen molar-refractivity contribution in [1.29, 1.82) is 0 Å². The van der Waals surface area contributed by atoms with Crippen molar-refractivity contribution < 1.29 is 13.2 Å². The molecule has 0 heterocycles. The molecule has 8 heteroatoms. The third kappa shape index (κ3) is 6.10. The highest BCUT2D eigenvalue weighted by molar-refractivity contribution is 7.89. The molecular formula is C16H26N4O3S. The highest BCUT2D eigenvalue weighted by atomic mass is 32.2. The van der Waals surface area contributed by atoms with E-state index in [1.54, 1.807) is 18.2 Å². The maximum atomic E-state index is 12.2. The Morgan fingerprint density at radius 3 is 2.83 bits per heavy atom. The molecule has 7 nitrogen and oxygen atoms in total. The highest BCUT2D eigenvalue weighted by Crippen LogP contribution is 2.18. The van der Waals surface area contributed by atoms with Crippen LogP contribution in [-0.4, -0.2) is 47.2 Å². The molecule has 0 spiro atoms. The summed E-state index contributed by atoms with van der Waals surface area (Å²) in [5, 5.41) is 6.53. The Hall–Kier alpha value is -1.64. The number of hydrogen-bond acceptors (Lipinski definition) is 4. The topological polar surface area (TPSA) is 91.8 Å². The van der Waals surface area contributed by atoms with Crippen LogP contribution in [0.5, 0.6) is 0 Å². The summed E-state index contributed by atoms with van der Waals surface area (Å²) >= 11 is 0. The number of aliphatic imine (C=N–C) groups is 1. The van der Waals surface area contributed by atoms with Gasteiger partial charge in [0.1, 0.15) is 0 Å². The first-order valence-corrected chi connectivity index (χ1v) is 9.66. The lowest BCUT2D eigenvalue weighted by atomic mass is 10.2. The Bertz CT molecular complexity index is 657. The van der Waals surface area contributed by atoms with Crippen molar-refractivity contribution in [2.24, 2.45) is 4.99 Å². The van der Waals surface area contributed by atoms with E-state index in [9.17, 15) is 8.42 Å². The molecule has 3 N–H and O–H groups in total. The van der Waals surface area contributed by atoms with Crippen LogP contribution in [0.2, 0.25) is 0 Å². The Kier molecular flexibility index (Phi) is 7.01. The Balaban J connectivity index is 2.03. The summed E-state index contributed by atoms with van der Waals surface area (Å²) in [6, 6.07) is 7.35. The van der Waals surface area contributed by atoms with E-state index in [1.807, 2.05) is 13.0 Å². The summed E-state index contributed by atoms with van der Waals surface area (Å²) in [6.45, 7) is 3.81. The minimum Gasteiger partial charge on any atom is -0.383 e. The Morgan fingerprint density at radius 1 is 1.38 bits per heavy atom. The largest absolute Gasteiger partial charge is 0.383 e. The zero-order valence-electron chi connectivity index (χ0n) is 14.2. The molecule has 0 atom stereocenters. The Morgan fingerprint density at radius 2 is 2.17 bits per heavy atom. The van der Waals surface area contributed by atoms with Crippen LogP contribution in [0.25, 0.3) is 0 Å². The lowest BCUT2D eigenvalue weighted by Gasteiger charge is -2.11. The van der Waals surface area contributed by atoms with E-state index in [0.717, 1.165) is 18.1 Å². The van der Waals surface area contributed by atoms with E-state index in [2.05, 4.69) is 20.3 Å². The molecule has 1 aliphatic carbocycles. The molecule has 24 heavy (non-hydrogen) atoms. The molecule has 1 fully saturated rings. The molecule has 134 valence electrons. The summed E-state index contributed by atoms with van der Waals surface area (Å²) < 4.78 is 31.8. The average Bonchev–Trinajstić information content (AvgIpc) is 3.37. The van der Waals surface area contributed by atoms with Gasteiger partial charge in [-0.3, -0.25) is 0 Å². The second-order valence-electron chi connectivity index (χ2n) is 5.65. The molecule has 0 aliphatic heterocycles. The van der Waals surface area contributed by atoms with E-state index < -0.39 is 10.0 Å². The van der Waals surface area contributed by atoms with Gasteiger partial charge in [0.25, 0.3) is 0 Å². The number of nitrogens with one attached hydrogen (secondary N) is 3. The number of sulfonamides is 1. The molecule has 1 aromatic rings. The smallest absolute Gasteiger partial charge is 0.240 e. The van der Waals surface area contributed by atoms with Gasteiger partial charge < -0.3 is 15.4 Å². The van der Waals surface area contributed by atoms with Crippen molar-refractivity contribution in [1.82, 2.24) is 15.4 Å². The fourth-order valence-corrected chi connectivity index (χ4v) is 3.17. The van der Waals surface area contributed by atoms with Crippen LogP contribution in [0.4, 0.5) is 0 Å². The molecule has 1 aromatic carbocycles. The van der Waals surface area contributed by atoms with Crippen molar-refractivity contribution in [2.75, 3.05) is 26.8 Å². The summed E-state index contributed by atoms with van der Waals surface area (Å²) in [7, 11) is -1.99. The van der Waals surface area contributed by atoms with Crippen LogP contribution < -0.4 is 15.4 Å². The fraction of sp³-hybridized carbons (Fsp3) is 0.562. The van der Waals surface area contributed by atoms with Crippen LogP contribution in [-0.2, 0) is 21.3 Å². The van der Waals surface area contributed by atoms with Gasteiger partial charge in [-0.25, -0.2) is 18.1 Å². The van der Waals surface area contributed by atoms with Gasteiger partial charge in [-0.1, -0.05) is 12.1 Å². The van der Waals surface area contributed by atoms with E-state index in [0.29, 0.717) is 19.2 Å². The third-order valence-electron chi connectivity index (χ3n) is 3.49. The van der Waals surface area contributed by atoms with Crippen molar-refractivity contribution in [2.45, 2.75) is 37.2 Å². The zero-order valence-corrected chi connectivity index (χ0v) is 15.0. The second kappa shape index (κ2) is 9.00. The number of rotatable bonds is 9. The monoisotopic (exact) mass is 354 g/mol. The summed E-state index contributed by atoms with van der Waals surface area (Å²) in [4.78, 5) is 4.76. The van der Waals surface area contributed by atoms with Gasteiger partial charge in [-0.15, -0.1) is 0 Å². The van der Waals surface area contributed by atoms with Crippen LogP contribution in [0.3, 0.4) is 0 Å². The van der Waals surface area contributed by atoms with E-state index in [1.165, 1.54) is 20.0 Å². The van der Waals surface area contributed by atoms with Gasteiger partial charge in [0.15, 0.2) is 5.96 Å². The molecule has 0 aromatic heterocycles. The molecular weight excluding hydrogens is 328 g/mol. The molecule has 0 radical (unpaired) electrons.